The van der Waals surface area contributed by atoms with Crippen LogP contribution in [0, 0.1) is 11.8 Å². The maximum Gasteiger partial charge on any atom is 0.0448 e. The fourth-order valence-corrected chi connectivity index (χ4v) is 1.72. The van der Waals surface area contributed by atoms with Crippen LogP contribution in [0.1, 0.15) is 24.0 Å². The van der Waals surface area contributed by atoms with E-state index in [0.717, 1.165) is 19.3 Å². The minimum atomic E-state index is 0.223. The Morgan fingerprint density at radius 2 is 2.15 bits per heavy atom. The highest BCUT2D eigenvalue weighted by Gasteiger charge is 2.07. The van der Waals surface area contributed by atoms with Gasteiger partial charge in [-0.15, -0.1) is 11.6 Å². The minimum absolute atomic E-state index is 0.223. The summed E-state index contributed by atoms with van der Waals surface area (Å²) in [5, 5.41) is 0.223. The molecule has 0 aliphatic heterocycles. The fraction of sp³-hybridized carbons (Fsp3) is 0.333. The predicted octanol–water partition coefficient (Wildman–Crippen LogP) is 2.98. The molecule has 1 heteroatoms. The number of alkyl halides is 1. The lowest BCUT2D eigenvalue weighted by atomic mass is 9.99. The van der Waals surface area contributed by atoms with Crippen LogP contribution in [0.15, 0.2) is 24.3 Å². The van der Waals surface area contributed by atoms with Gasteiger partial charge in [0.25, 0.3) is 0 Å². The molecule has 0 fully saturated rings. The van der Waals surface area contributed by atoms with E-state index in [-0.39, 0.29) is 5.38 Å². The summed E-state index contributed by atoms with van der Waals surface area (Å²) in [6.07, 6.45) is 2.90. The Kier molecular flexibility index (Phi) is 2.57. The van der Waals surface area contributed by atoms with Crippen molar-refractivity contribution in [3.8, 4) is 11.8 Å². The number of rotatable bonds is 0. The Balaban J connectivity index is 2.36. The van der Waals surface area contributed by atoms with E-state index in [0.29, 0.717) is 0 Å². The second-order valence-corrected chi connectivity index (χ2v) is 3.92. The van der Waals surface area contributed by atoms with Crippen molar-refractivity contribution in [2.75, 3.05) is 0 Å². The third-order valence-electron chi connectivity index (χ3n) is 2.29. The molecular weight excluding hydrogens is 180 g/mol. The van der Waals surface area contributed by atoms with Gasteiger partial charge in [-0.05, 0) is 24.5 Å². The van der Waals surface area contributed by atoms with Crippen molar-refractivity contribution in [1.29, 1.82) is 0 Å². The first-order chi connectivity index (χ1) is 6.36. The zero-order valence-electron chi connectivity index (χ0n) is 7.39. The van der Waals surface area contributed by atoms with Crippen LogP contribution in [0.5, 0.6) is 0 Å². The molecule has 66 valence electrons. The first kappa shape index (κ1) is 8.66. The molecule has 0 amide bonds. The molecule has 1 unspecified atom stereocenters. The van der Waals surface area contributed by atoms with E-state index in [2.05, 4.69) is 30.0 Å². The van der Waals surface area contributed by atoms with E-state index in [1.54, 1.807) is 0 Å². The molecule has 0 bridgehead atoms. The highest BCUT2D eigenvalue weighted by atomic mass is 35.5. The van der Waals surface area contributed by atoms with Gasteiger partial charge in [0.2, 0.25) is 0 Å². The average molecular weight is 191 g/mol. The Morgan fingerprint density at radius 3 is 3.08 bits per heavy atom. The third kappa shape index (κ3) is 2.05. The molecule has 1 atom stereocenters. The topological polar surface area (TPSA) is 0 Å². The number of halogens is 1. The zero-order chi connectivity index (χ0) is 9.10. The summed E-state index contributed by atoms with van der Waals surface area (Å²) < 4.78 is 0. The monoisotopic (exact) mass is 190 g/mol. The van der Waals surface area contributed by atoms with E-state index in [1.165, 1.54) is 11.1 Å². The second-order valence-electron chi connectivity index (χ2n) is 3.30. The molecule has 0 heterocycles. The zero-order valence-corrected chi connectivity index (χ0v) is 8.14. The Labute approximate surface area is 83.9 Å². The van der Waals surface area contributed by atoms with Gasteiger partial charge in [-0.25, -0.2) is 0 Å². The van der Waals surface area contributed by atoms with Gasteiger partial charge >= 0.3 is 0 Å². The lowest BCUT2D eigenvalue weighted by molar-refractivity contribution is 0.761. The van der Waals surface area contributed by atoms with Crippen LogP contribution in [0.4, 0.5) is 0 Å². The summed E-state index contributed by atoms with van der Waals surface area (Å²) in [5.74, 6) is 6.27. The molecular formula is C12H11Cl. The minimum Gasteiger partial charge on any atom is -0.122 e. The highest BCUT2D eigenvalue weighted by molar-refractivity contribution is 6.20. The van der Waals surface area contributed by atoms with Crippen LogP contribution in [0.25, 0.3) is 0 Å². The van der Waals surface area contributed by atoms with Crippen LogP contribution >= 0.6 is 11.6 Å². The maximum absolute atomic E-state index is 6.06. The quantitative estimate of drug-likeness (QED) is 0.436. The number of benzene rings is 1. The normalized spacial score (nSPS) is 20.5. The lowest BCUT2D eigenvalue weighted by Gasteiger charge is -2.09. The summed E-state index contributed by atoms with van der Waals surface area (Å²) in [6, 6.07) is 8.31. The molecule has 0 saturated carbocycles. The molecule has 0 spiro atoms. The lowest BCUT2D eigenvalue weighted by Crippen LogP contribution is -2.03. The summed E-state index contributed by atoms with van der Waals surface area (Å²) in [7, 11) is 0. The van der Waals surface area contributed by atoms with Gasteiger partial charge in [0.15, 0.2) is 0 Å². The van der Waals surface area contributed by atoms with Crippen molar-refractivity contribution in [2.45, 2.75) is 24.6 Å². The van der Waals surface area contributed by atoms with Gasteiger partial charge < -0.3 is 0 Å². The van der Waals surface area contributed by atoms with Gasteiger partial charge in [-0.3, -0.25) is 0 Å². The van der Waals surface area contributed by atoms with E-state index in [9.17, 15) is 0 Å². The summed E-state index contributed by atoms with van der Waals surface area (Å²) in [5.41, 5.74) is 2.51. The van der Waals surface area contributed by atoms with Crippen molar-refractivity contribution in [3.63, 3.8) is 0 Å². The Hall–Kier alpha value is -0.930. The molecule has 2 rings (SSSR count). The number of hydrogen-bond donors (Lipinski definition) is 0. The molecule has 1 aliphatic carbocycles. The van der Waals surface area contributed by atoms with Crippen molar-refractivity contribution in [2.24, 2.45) is 0 Å². The van der Waals surface area contributed by atoms with Crippen molar-refractivity contribution in [3.05, 3.63) is 35.4 Å². The number of fused-ring (bicyclic) bond motifs is 1. The van der Waals surface area contributed by atoms with Crippen LogP contribution in [-0.2, 0) is 6.42 Å². The fourth-order valence-electron chi connectivity index (χ4n) is 1.53. The van der Waals surface area contributed by atoms with E-state index >= 15 is 0 Å². The largest absolute Gasteiger partial charge is 0.122 e. The van der Waals surface area contributed by atoms with Crippen molar-refractivity contribution in [1.82, 2.24) is 0 Å². The van der Waals surface area contributed by atoms with Gasteiger partial charge in [0, 0.05) is 17.4 Å². The third-order valence-corrected chi connectivity index (χ3v) is 2.66. The van der Waals surface area contributed by atoms with E-state index < -0.39 is 0 Å². The van der Waals surface area contributed by atoms with Gasteiger partial charge in [-0.2, -0.15) is 0 Å². The van der Waals surface area contributed by atoms with E-state index in [1.807, 2.05) is 6.07 Å². The maximum atomic E-state index is 6.06. The highest BCUT2D eigenvalue weighted by Crippen LogP contribution is 2.17. The van der Waals surface area contributed by atoms with Crippen molar-refractivity contribution >= 4 is 11.6 Å². The molecule has 1 aromatic rings. The summed E-state index contributed by atoms with van der Waals surface area (Å²) >= 11 is 6.06. The Morgan fingerprint density at radius 1 is 1.31 bits per heavy atom. The van der Waals surface area contributed by atoms with Gasteiger partial charge in [0.1, 0.15) is 0 Å². The summed E-state index contributed by atoms with van der Waals surface area (Å²) in [6.45, 7) is 0. The molecule has 1 aliphatic rings. The predicted molar refractivity (Wildman–Crippen MR) is 55.9 cm³/mol. The van der Waals surface area contributed by atoms with Crippen LogP contribution < -0.4 is 0 Å². The molecule has 0 aromatic heterocycles. The first-order valence-corrected chi connectivity index (χ1v) is 5.01. The van der Waals surface area contributed by atoms with Crippen LogP contribution in [0.3, 0.4) is 0 Å². The average Bonchev–Trinajstić information content (AvgIpc) is 2.13. The molecule has 1 aromatic carbocycles. The molecule has 13 heavy (non-hydrogen) atoms. The van der Waals surface area contributed by atoms with Gasteiger partial charge in [0.05, 0.1) is 0 Å². The smallest absolute Gasteiger partial charge is 0.0448 e. The van der Waals surface area contributed by atoms with Crippen molar-refractivity contribution < 1.29 is 0 Å². The summed E-state index contributed by atoms with van der Waals surface area (Å²) in [4.78, 5) is 0. The number of aryl methyl sites for hydroxylation is 1. The van der Waals surface area contributed by atoms with E-state index in [4.69, 9.17) is 11.6 Å². The molecule has 0 saturated heterocycles. The molecule has 0 radical (unpaired) electrons. The van der Waals surface area contributed by atoms with Crippen LogP contribution in [0.2, 0.25) is 0 Å². The standard InChI is InChI=1S/C12H11Cl/c13-12-7-3-6-10-4-1-2-5-11(10)8-9-12/h1-2,4-5,12H,7-9H2. The SMILES string of the molecule is ClC1CC#Cc2ccccc2CC1. The Bertz CT molecular complexity index is 357. The van der Waals surface area contributed by atoms with Gasteiger partial charge in [-0.1, -0.05) is 30.0 Å². The first-order valence-electron chi connectivity index (χ1n) is 4.57. The molecule has 0 N–H and O–H groups in total. The molecule has 0 nitrogen and oxygen atoms in total. The number of hydrogen-bond acceptors (Lipinski definition) is 0. The van der Waals surface area contributed by atoms with Crippen LogP contribution in [-0.4, -0.2) is 5.38 Å². The second kappa shape index (κ2) is 3.85.